The van der Waals surface area contributed by atoms with Gasteiger partial charge in [-0.3, -0.25) is 4.79 Å². The van der Waals surface area contributed by atoms with Crippen molar-refractivity contribution >= 4 is 23.1 Å². The molecule has 2 heterocycles. The fourth-order valence-electron chi connectivity index (χ4n) is 3.58. The van der Waals surface area contributed by atoms with Crippen LogP contribution in [0.4, 0.5) is 4.39 Å². The van der Waals surface area contributed by atoms with E-state index < -0.39 is 0 Å². The lowest BCUT2D eigenvalue weighted by Crippen LogP contribution is -2.42. The van der Waals surface area contributed by atoms with Gasteiger partial charge in [-0.15, -0.1) is 0 Å². The monoisotopic (exact) mass is 371 g/mol. The van der Waals surface area contributed by atoms with Crippen molar-refractivity contribution in [3.05, 3.63) is 70.5 Å². The van der Waals surface area contributed by atoms with Gasteiger partial charge in [0.05, 0.1) is 5.92 Å². The third-order valence-electron chi connectivity index (χ3n) is 5.01. The lowest BCUT2D eigenvalue weighted by atomic mass is 9.94. The van der Waals surface area contributed by atoms with Crippen molar-refractivity contribution in [2.45, 2.75) is 12.8 Å². The van der Waals surface area contributed by atoms with Crippen LogP contribution in [-0.2, 0) is 11.2 Å². The Hall–Kier alpha value is -2.33. The minimum atomic E-state index is -0.236. The molecule has 0 aromatic heterocycles. The molecule has 0 saturated carbocycles. The molecule has 0 fully saturated rings. The van der Waals surface area contributed by atoms with Crippen molar-refractivity contribution in [1.82, 2.24) is 4.90 Å². The molecule has 0 bridgehead atoms. The van der Waals surface area contributed by atoms with E-state index in [9.17, 15) is 9.18 Å². The van der Waals surface area contributed by atoms with Gasteiger partial charge in [0.25, 0.3) is 0 Å². The number of nitrogens with zero attached hydrogens (tertiary/aromatic N) is 1. The molecule has 2 aromatic rings. The lowest BCUT2D eigenvalue weighted by Gasteiger charge is -2.32. The molecule has 1 atom stereocenters. The van der Waals surface area contributed by atoms with Crippen molar-refractivity contribution in [2.24, 2.45) is 5.92 Å². The van der Waals surface area contributed by atoms with Crippen LogP contribution < -0.4 is 4.74 Å². The van der Waals surface area contributed by atoms with Crippen LogP contribution in [0.2, 0.25) is 5.02 Å². The maximum Gasteiger partial charge on any atom is 0.229 e. The van der Waals surface area contributed by atoms with Crippen molar-refractivity contribution in [3.63, 3.8) is 0 Å². The van der Waals surface area contributed by atoms with E-state index >= 15 is 0 Å². The molecular weight excluding hydrogens is 353 g/mol. The summed E-state index contributed by atoms with van der Waals surface area (Å²) >= 11 is 6.05. The number of carbonyl (C=O) groups is 1. The van der Waals surface area contributed by atoms with E-state index in [1.165, 1.54) is 12.1 Å². The second kappa shape index (κ2) is 7.12. The zero-order valence-electron chi connectivity index (χ0n) is 14.3. The minimum Gasteiger partial charge on any atom is -0.492 e. The number of carbonyl (C=O) groups excluding carboxylic acids is 1. The van der Waals surface area contributed by atoms with Gasteiger partial charge in [-0.1, -0.05) is 29.8 Å². The summed E-state index contributed by atoms with van der Waals surface area (Å²) in [6.07, 6.45) is 3.48. The molecule has 0 radical (unpaired) electrons. The molecule has 1 unspecified atom stereocenters. The van der Waals surface area contributed by atoms with Crippen LogP contribution in [0.1, 0.15) is 17.5 Å². The van der Waals surface area contributed by atoms with Crippen molar-refractivity contribution in [1.29, 1.82) is 0 Å². The summed E-state index contributed by atoms with van der Waals surface area (Å²) in [5.74, 6) is 0.516. The van der Waals surface area contributed by atoms with Crippen LogP contribution in [0.5, 0.6) is 5.75 Å². The van der Waals surface area contributed by atoms with Gasteiger partial charge in [0.1, 0.15) is 18.2 Å². The molecule has 0 spiro atoms. The summed E-state index contributed by atoms with van der Waals surface area (Å²) in [7, 11) is 0. The molecule has 2 aliphatic heterocycles. The summed E-state index contributed by atoms with van der Waals surface area (Å²) in [4.78, 5) is 14.7. The Labute approximate surface area is 157 Å². The predicted octanol–water partition coefficient (Wildman–Crippen LogP) is 4.35. The molecule has 4 rings (SSSR count). The Balaban J connectivity index is 1.43. The quantitative estimate of drug-likeness (QED) is 0.785. The average Bonchev–Trinajstić information content (AvgIpc) is 2.67. The highest BCUT2D eigenvalue weighted by Gasteiger charge is 2.30. The fourth-order valence-corrected chi connectivity index (χ4v) is 3.77. The number of hydrogen-bond donors (Lipinski definition) is 0. The average molecular weight is 372 g/mol. The van der Waals surface area contributed by atoms with Crippen LogP contribution in [0.15, 0.2) is 48.5 Å². The van der Waals surface area contributed by atoms with Crippen molar-refractivity contribution in [3.8, 4) is 5.75 Å². The van der Waals surface area contributed by atoms with Gasteiger partial charge in [-0.05, 0) is 59.9 Å². The van der Waals surface area contributed by atoms with Gasteiger partial charge >= 0.3 is 0 Å². The Morgan fingerprint density at radius 2 is 2.00 bits per heavy atom. The molecule has 0 aliphatic carbocycles. The summed E-state index contributed by atoms with van der Waals surface area (Å²) in [6, 6.07) is 12.0. The Kier molecular flexibility index (Phi) is 4.68. The molecular formula is C21H19ClFNO2. The van der Waals surface area contributed by atoms with Crippen molar-refractivity contribution in [2.75, 3.05) is 19.7 Å². The van der Waals surface area contributed by atoms with Crippen LogP contribution in [-0.4, -0.2) is 30.5 Å². The predicted molar refractivity (Wildman–Crippen MR) is 99.7 cm³/mol. The van der Waals surface area contributed by atoms with E-state index in [2.05, 4.69) is 6.08 Å². The van der Waals surface area contributed by atoms with Crippen LogP contribution in [0.3, 0.4) is 0 Å². The summed E-state index contributed by atoms with van der Waals surface area (Å²) in [5, 5.41) is 0.658. The largest absolute Gasteiger partial charge is 0.492 e. The molecule has 2 aromatic carbocycles. The van der Waals surface area contributed by atoms with E-state index in [1.54, 1.807) is 18.2 Å². The van der Waals surface area contributed by atoms with Crippen LogP contribution >= 0.6 is 11.6 Å². The first-order valence-corrected chi connectivity index (χ1v) is 9.13. The Morgan fingerprint density at radius 3 is 2.73 bits per heavy atom. The SMILES string of the molecule is O=C(C1COc2ccc(Cl)cc2C1)N1CC=C(c2ccc(F)cc2)CC1. The highest BCUT2D eigenvalue weighted by Crippen LogP contribution is 2.31. The highest BCUT2D eigenvalue weighted by atomic mass is 35.5. The first kappa shape index (κ1) is 17.1. The van der Waals surface area contributed by atoms with Gasteiger partial charge in [0.2, 0.25) is 5.91 Å². The second-order valence-corrected chi connectivity index (χ2v) is 7.17. The number of halogens is 2. The maximum atomic E-state index is 13.1. The van der Waals surface area contributed by atoms with E-state index in [-0.39, 0.29) is 17.6 Å². The molecule has 2 aliphatic rings. The topological polar surface area (TPSA) is 29.5 Å². The van der Waals surface area contributed by atoms with E-state index in [0.29, 0.717) is 31.1 Å². The summed E-state index contributed by atoms with van der Waals surface area (Å²) in [6.45, 7) is 1.64. The van der Waals surface area contributed by atoms with Gasteiger partial charge in [-0.2, -0.15) is 0 Å². The minimum absolute atomic E-state index is 0.116. The van der Waals surface area contributed by atoms with Crippen molar-refractivity contribution < 1.29 is 13.9 Å². The molecule has 0 saturated heterocycles. The second-order valence-electron chi connectivity index (χ2n) is 6.73. The fraction of sp³-hybridized carbons (Fsp3) is 0.286. The molecule has 1 amide bonds. The molecule has 134 valence electrons. The summed E-state index contributed by atoms with van der Waals surface area (Å²) < 4.78 is 18.8. The van der Waals surface area contributed by atoms with E-state index in [1.807, 2.05) is 17.0 Å². The van der Waals surface area contributed by atoms with E-state index in [0.717, 1.165) is 28.9 Å². The Bertz CT molecular complexity index is 863. The standard InChI is InChI=1S/C21H19ClFNO2/c22-18-3-6-20-16(12-18)11-17(13-26-20)21(25)24-9-7-15(8-10-24)14-1-4-19(23)5-2-14/h1-7,12,17H,8-11,13H2. The van der Waals surface area contributed by atoms with Crippen LogP contribution in [0, 0.1) is 11.7 Å². The number of rotatable bonds is 2. The number of amides is 1. The molecule has 0 N–H and O–H groups in total. The zero-order valence-corrected chi connectivity index (χ0v) is 15.0. The summed E-state index contributed by atoms with van der Waals surface area (Å²) in [5.41, 5.74) is 3.16. The highest BCUT2D eigenvalue weighted by molar-refractivity contribution is 6.30. The smallest absolute Gasteiger partial charge is 0.229 e. The third kappa shape index (κ3) is 3.47. The van der Waals surface area contributed by atoms with Gasteiger partial charge in [0, 0.05) is 18.1 Å². The molecule has 26 heavy (non-hydrogen) atoms. The van der Waals surface area contributed by atoms with Gasteiger partial charge < -0.3 is 9.64 Å². The van der Waals surface area contributed by atoms with Crippen LogP contribution in [0.25, 0.3) is 5.57 Å². The third-order valence-corrected chi connectivity index (χ3v) is 5.25. The normalized spacial score (nSPS) is 19.4. The number of ether oxygens (including phenoxy) is 1. The number of hydrogen-bond acceptors (Lipinski definition) is 2. The maximum absolute atomic E-state index is 13.1. The lowest BCUT2D eigenvalue weighted by molar-refractivity contribution is -0.136. The number of fused-ring (bicyclic) bond motifs is 1. The first-order valence-electron chi connectivity index (χ1n) is 8.75. The molecule has 3 nitrogen and oxygen atoms in total. The van der Waals surface area contributed by atoms with Gasteiger partial charge in [0.15, 0.2) is 0 Å². The zero-order chi connectivity index (χ0) is 18.1. The Morgan fingerprint density at radius 1 is 1.19 bits per heavy atom. The van der Waals surface area contributed by atoms with Gasteiger partial charge in [-0.25, -0.2) is 4.39 Å². The van der Waals surface area contributed by atoms with E-state index in [4.69, 9.17) is 16.3 Å². The first-order chi connectivity index (χ1) is 12.6. The number of benzene rings is 2. The molecule has 5 heteroatoms.